The molecule has 1 aliphatic rings. The Kier molecular flexibility index (Phi) is 4.21. The number of carbonyl (C=O) groups is 1. The van der Waals surface area contributed by atoms with E-state index in [1.54, 1.807) is 0 Å². The topological polar surface area (TPSA) is 35.5 Å². The van der Waals surface area contributed by atoms with Gasteiger partial charge in [0.25, 0.3) is 0 Å². The molecule has 0 N–H and O–H groups in total. The van der Waals surface area contributed by atoms with Gasteiger partial charge in [-0.2, -0.15) is 0 Å². The number of hydrogen-bond acceptors (Lipinski definition) is 3. The van der Waals surface area contributed by atoms with Gasteiger partial charge >= 0.3 is 5.97 Å². The summed E-state index contributed by atoms with van der Waals surface area (Å²) in [5.74, 6) is 0.506. The van der Waals surface area contributed by atoms with E-state index in [1.165, 1.54) is 6.92 Å². The minimum atomic E-state index is -0.316. The number of fused-ring (bicyclic) bond motifs is 1. The molecule has 1 heterocycles. The van der Waals surface area contributed by atoms with Crippen LogP contribution in [0, 0.1) is 5.92 Å². The molecule has 0 spiro atoms. The van der Waals surface area contributed by atoms with E-state index in [-0.39, 0.29) is 24.1 Å². The van der Waals surface area contributed by atoms with Crippen LogP contribution in [0.15, 0.2) is 53.0 Å². The Hall–Kier alpha value is -1.81. The highest BCUT2D eigenvalue weighted by Gasteiger charge is 2.38. The molecule has 0 fully saturated rings. The van der Waals surface area contributed by atoms with Crippen LogP contribution in [0.2, 0.25) is 0 Å². The number of carbonyl (C=O) groups excluding carboxylic acids is 1. The average Bonchev–Trinajstić information content (AvgIpc) is 2.51. The zero-order chi connectivity index (χ0) is 15.7. The van der Waals surface area contributed by atoms with Gasteiger partial charge in [-0.25, -0.2) is 0 Å². The predicted octanol–water partition coefficient (Wildman–Crippen LogP) is 4.82. The smallest absolute Gasteiger partial charge is 0.303 e. The van der Waals surface area contributed by atoms with Crippen LogP contribution >= 0.6 is 15.9 Å². The summed E-state index contributed by atoms with van der Waals surface area (Å²) in [5.41, 5.74) is 1.99. The van der Waals surface area contributed by atoms with Gasteiger partial charge in [-0.3, -0.25) is 4.79 Å². The van der Waals surface area contributed by atoms with Crippen molar-refractivity contribution in [2.45, 2.75) is 26.1 Å². The molecule has 0 radical (unpaired) electrons. The minimum absolute atomic E-state index is 0.0214. The molecule has 114 valence electrons. The van der Waals surface area contributed by atoms with Gasteiger partial charge in [-0.1, -0.05) is 53.2 Å². The molecule has 2 aromatic rings. The van der Waals surface area contributed by atoms with Crippen LogP contribution in [0.4, 0.5) is 0 Å². The van der Waals surface area contributed by atoms with Crippen molar-refractivity contribution in [1.82, 2.24) is 0 Å². The van der Waals surface area contributed by atoms with Gasteiger partial charge in [0.2, 0.25) is 0 Å². The zero-order valence-electron chi connectivity index (χ0n) is 12.5. The molecular weight excluding hydrogens is 344 g/mol. The highest BCUT2D eigenvalue weighted by atomic mass is 79.9. The lowest BCUT2D eigenvalue weighted by Crippen LogP contribution is -2.30. The van der Waals surface area contributed by atoms with Crippen LogP contribution in [0.3, 0.4) is 0 Å². The van der Waals surface area contributed by atoms with Crippen LogP contribution in [0.5, 0.6) is 5.75 Å². The molecule has 4 heteroatoms. The maximum atomic E-state index is 11.5. The third kappa shape index (κ3) is 2.88. The zero-order valence-corrected chi connectivity index (χ0v) is 14.0. The quantitative estimate of drug-likeness (QED) is 0.720. The third-order valence-corrected chi connectivity index (χ3v) is 4.40. The summed E-state index contributed by atoms with van der Waals surface area (Å²) in [6.45, 7) is 3.49. The molecular formula is C18H17BrO3. The predicted molar refractivity (Wildman–Crippen MR) is 87.6 cm³/mol. The number of ether oxygens (including phenoxy) is 2. The first-order valence-corrected chi connectivity index (χ1v) is 8.04. The van der Waals surface area contributed by atoms with E-state index in [0.29, 0.717) is 0 Å². The highest BCUT2D eigenvalue weighted by molar-refractivity contribution is 9.10. The van der Waals surface area contributed by atoms with Crippen LogP contribution < -0.4 is 4.74 Å². The number of esters is 1. The molecule has 0 aliphatic carbocycles. The summed E-state index contributed by atoms with van der Waals surface area (Å²) >= 11 is 3.47. The standard InChI is InChI=1S/C18H17BrO3/c1-11-17(13-6-4-3-5-7-13)22-16-9-8-14(19)10-15(16)18(11)21-12(2)20/h3-11,17-18H,1-2H3/t11-,17-,18+/m0/s1. The molecule has 3 atom stereocenters. The normalized spacial score (nSPS) is 23.3. The fourth-order valence-electron chi connectivity index (χ4n) is 2.90. The van der Waals surface area contributed by atoms with E-state index in [1.807, 2.05) is 48.5 Å². The van der Waals surface area contributed by atoms with Crippen LogP contribution in [0.25, 0.3) is 0 Å². The summed E-state index contributed by atoms with van der Waals surface area (Å²) in [7, 11) is 0. The van der Waals surface area contributed by atoms with E-state index in [2.05, 4.69) is 22.9 Å². The van der Waals surface area contributed by atoms with Crippen molar-refractivity contribution in [3.8, 4) is 5.75 Å². The number of halogens is 1. The summed E-state index contributed by atoms with van der Waals surface area (Å²) < 4.78 is 12.7. The molecule has 0 bridgehead atoms. The maximum absolute atomic E-state index is 11.5. The number of hydrogen-bond donors (Lipinski definition) is 0. The third-order valence-electron chi connectivity index (χ3n) is 3.91. The van der Waals surface area contributed by atoms with Crippen LogP contribution in [-0.2, 0) is 9.53 Å². The Bertz CT molecular complexity index is 684. The summed E-state index contributed by atoms with van der Waals surface area (Å²) in [6.07, 6.45) is -0.455. The molecule has 2 aromatic carbocycles. The average molecular weight is 361 g/mol. The van der Waals surface area contributed by atoms with Crippen molar-refractivity contribution in [2.24, 2.45) is 5.92 Å². The molecule has 0 saturated heterocycles. The van der Waals surface area contributed by atoms with Crippen molar-refractivity contribution in [3.05, 3.63) is 64.1 Å². The Labute approximate surface area is 138 Å². The number of rotatable bonds is 2. The molecule has 3 rings (SSSR count). The lowest BCUT2D eigenvalue weighted by atomic mass is 9.85. The van der Waals surface area contributed by atoms with E-state index < -0.39 is 0 Å². The maximum Gasteiger partial charge on any atom is 0.303 e. The minimum Gasteiger partial charge on any atom is -0.485 e. The van der Waals surface area contributed by atoms with Gasteiger partial charge in [0.1, 0.15) is 18.0 Å². The first-order valence-electron chi connectivity index (χ1n) is 7.24. The second-order valence-electron chi connectivity index (χ2n) is 5.52. The second-order valence-corrected chi connectivity index (χ2v) is 6.44. The van der Waals surface area contributed by atoms with Crippen LogP contribution in [-0.4, -0.2) is 5.97 Å². The van der Waals surface area contributed by atoms with Crippen molar-refractivity contribution in [2.75, 3.05) is 0 Å². The Morgan fingerprint density at radius 3 is 2.59 bits per heavy atom. The van der Waals surface area contributed by atoms with Crippen molar-refractivity contribution >= 4 is 21.9 Å². The molecule has 1 aliphatic heterocycles. The van der Waals surface area contributed by atoms with E-state index in [9.17, 15) is 4.79 Å². The molecule has 0 saturated carbocycles. The first-order chi connectivity index (χ1) is 10.6. The molecule has 0 unspecified atom stereocenters. The van der Waals surface area contributed by atoms with Crippen LogP contribution in [0.1, 0.15) is 37.2 Å². The van der Waals surface area contributed by atoms with Gasteiger partial charge in [-0.05, 0) is 23.8 Å². The largest absolute Gasteiger partial charge is 0.485 e. The summed E-state index contributed by atoms with van der Waals surface area (Å²) in [5, 5.41) is 0. The lowest BCUT2D eigenvalue weighted by Gasteiger charge is -2.37. The van der Waals surface area contributed by atoms with Crippen molar-refractivity contribution in [1.29, 1.82) is 0 Å². The first kappa shape index (κ1) is 15.1. The molecule has 0 amide bonds. The Balaban J connectivity index is 2.04. The molecule has 0 aromatic heterocycles. The summed E-state index contributed by atoms with van der Waals surface area (Å²) in [6, 6.07) is 15.8. The van der Waals surface area contributed by atoms with E-state index in [0.717, 1.165) is 21.3 Å². The highest BCUT2D eigenvalue weighted by Crippen LogP contribution is 2.47. The molecule has 3 nitrogen and oxygen atoms in total. The van der Waals surface area contributed by atoms with Gasteiger partial charge < -0.3 is 9.47 Å². The molecule has 22 heavy (non-hydrogen) atoms. The Morgan fingerprint density at radius 1 is 1.18 bits per heavy atom. The Morgan fingerprint density at radius 2 is 1.91 bits per heavy atom. The van der Waals surface area contributed by atoms with Gasteiger partial charge in [0, 0.05) is 22.9 Å². The van der Waals surface area contributed by atoms with Gasteiger partial charge in [0.05, 0.1) is 0 Å². The van der Waals surface area contributed by atoms with E-state index >= 15 is 0 Å². The number of benzene rings is 2. The van der Waals surface area contributed by atoms with E-state index in [4.69, 9.17) is 9.47 Å². The fourth-order valence-corrected chi connectivity index (χ4v) is 3.28. The summed E-state index contributed by atoms with van der Waals surface area (Å²) in [4.78, 5) is 11.5. The van der Waals surface area contributed by atoms with Crippen molar-refractivity contribution < 1.29 is 14.3 Å². The fraction of sp³-hybridized carbons (Fsp3) is 0.278. The monoisotopic (exact) mass is 360 g/mol. The van der Waals surface area contributed by atoms with Crippen molar-refractivity contribution in [3.63, 3.8) is 0 Å². The second kappa shape index (κ2) is 6.13. The SMILES string of the molecule is CC(=O)O[C@H]1c2cc(Br)ccc2O[C@H](c2ccccc2)[C@@H]1C. The van der Waals surface area contributed by atoms with Gasteiger partial charge in [-0.15, -0.1) is 0 Å². The van der Waals surface area contributed by atoms with Gasteiger partial charge in [0.15, 0.2) is 0 Å². The lowest BCUT2D eigenvalue weighted by molar-refractivity contribution is -0.153.